The summed E-state index contributed by atoms with van der Waals surface area (Å²) >= 11 is 3.41. The maximum Gasteiger partial charge on any atom is 0.313 e. The summed E-state index contributed by atoms with van der Waals surface area (Å²) in [5.74, 6) is -1.06. The molecule has 5 nitrogen and oxygen atoms in total. The minimum absolute atomic E-state index is 0.140. The van der Waals surface area contributed by atoms with Crippen LogP contribution in [0.5, 0.6) is 0 Å². The third-order valence-corrected chi connectivity index (χ3v) is 5.06. The molecule has 1 fully saturated rings. The number of piperidine rings is 1. The van der Waals surface area contributed by atoms with Crippen molar-refractivity contribution in [2.45, 2.75) is 25.8 Å². The van der Waals surface area contributed by atoms with Crippen LogP contribution in [0.3, 0.4) is 0 Å². The van der Waals surface area contributed by atoms with Gasteiger partial charge in [-0.1, -0.05) is 15.9 Å². The molecule has 1 aromatic carbocycles. The van der Waals surface area contributed by atoms with E-state index >= 15 is 0 Å². The Hall–Kier alpha value is -1.40. The van der Waals surface area contributed by atoms with Crippen LogP contribution in [-0.2, 0) is 9.59 Å². The average molecular weight is 368 g/mol. The molecule has 6 heteroatoms. The van der Waals surface area contributed by atoms with E-state index < -0.39 is 11.8 Å². The van der Waals surface area contributed by atoms with Gasteiger partial charge in [-0.2, -0.15) is 0 Å². The van der Waals surface area contributed by atoms with Gasteiger partial charge in [-0.3, -0.25) is 9.59 Å². The molecule has 22 heavy (non-hydrogen) atoms. The highest BCUT2D eigenvalue weighted by Crippen LogP contribution is 2.20. The second-order valence-electron chi connectivity index (χ2n) is 5.87. The van der Waals surface area contributed by atoms with Gasteiger partial charge >= 0.3 is 11.8 Å². The van der Waals surface area contributed by atoms with Crippen LogP contribution in [0, 0.1) is 6.92 Å². The van der Waals surface area contributed by atoms with Crippen LogP contribution in [0.25, 0.3) is 0 Å². The van der Waals surface area contributed by atoms with Crippen molar-refractivity contribution in [1.82, 2.24) is 9.80 Å². The highest BCUT2D eigenvalue weighted by atomic mass is 79.9. The second kappa shape index (κ2) is 7.24. The quantitative estimate of drug-likeness (QED) is 0.815. The average Bonchev–Trinajstić information content (AvgIpc) is 2.50. The molecule has 1 N–H and O–H groups in total. The smallest absolute Gasteiger partial charge is 0.313 e. The van der Waals surface area contributed by atoms with E-state index in [0.29, 0.717) is 5.69 Å². The third kappa shape index (κ3) is 4.08. The first-order valence-corrected chi connectivity index (χ1v) is 8.20. The molecule has 0 atom stereocenters. The summed E-state index contributed by atoms with van der Waals surface area (Å²) in [5.41, 5.74) is 1.64. The maximum atomic E-state index is 12.3. The molecule has 0 radical (unpaired) electrons. The Bertz CT molecular complexity index is 569. The number of likely N-dealkylation sites (tertiary alicyclic amines) is 1. The lowest BCUT2D eigenvalue weighted by molar-refractivity contribution is -0.144. The highest BCUT2D eigenvalue weighted by molar-refractivity contribution is 9.10. The van der Waals surface area contributed by atoms with E-state index in [2.05, 4.69) is 33.2 Å². The minimum atomic E-state index is -0.580. The largest absolute Gasteiger partial charge is 0.334 e. The van der Waals surface area contributed by atoms with E-state index in [0.717, 1.165) is 36.0 Å². The van der Waals surface area contributed by atoms with E-state index in [-0.39, 0.29) is 6.04 Å². The molecule has 0 aromatic heterocycles. The van der Waals surface area contributed by atoms with Gasteiger partial charge in [-0.05, 0) is 63.7 Å². The standard InChI is InChI=1S/C16H22BrN3O2/c1-11-10-12(4-5-14(11)17)18-15(21)16(22)20(3)13-6-8-19(2)9-7-13/h4-5,10,13H,6-9H2,1-3H3,(H,18,21). The number of likely N-dealkylation sites (N-methyl/N-ethyl adjacent to an activating group) is 1. The molecular formula is C16H22BrN3O2. The van der Waals surface area contributed by atoms with Gasteiger partial charge in [0.1, 0.15) is 0 Å². The van der Waals surface area contributed by atoms with Crippen LogP contribution in [0.15, 0.2) is 22.7 Å². The van der Waals surface area contributed by atoms with Gasteiger partial charge in [0, 0.05) is 23.2 Å². The number of nitrogens with one attached hydrogen (secondary N) is 1. The Kier molecular flexibility index (Phi) is 5.58. The molecule has 0 aliphatic carbocycles. The molecule has 120 valence electrons. The van der Waals surface area contributed by atoms with Gasteiger partial charge in [-0.25, -0.2) is 0 Å². The number of hydrogen-bond acceptors (Lipinski definition) is 3. The Morgan fingerprint density at radius 2 is 1.95 bits per heavy atom. The van der Waals surface area contributed by atoms with Gasteiger partial charge < -0.3 is 15.1 Å². The number of anilines is 1. The van der Waals surface area contributed by atoms with Crippen LogP contribution in [0.2, 0.25) is 0 Å². The van der Waals surface area contributed by atoms with E-state index in [9.17, 15) is 9.59 Å². The summed E-state index contributed by atoms with van der Waals surface area (Å²) in [7, 11) is 3.78. The van der Waals surface area contributed by atoms with Crippen LogP contribution < -0.4 is 5.32 Å². The molecule has 1 aliphatic rings. The lowest BCUT2D eigenvalue weighted by Crippen LogP contribution is -2.47. The van der Waals surface area contributed by atoms with Crippen molar-refractivity contribution in [3.63, 3.8) is 0 Å². The Morgan fingerprint density at radius 1 is 1.32 bits per heavy atom. The number of carbonyl (C=O) groups is 2. The first-order valence-electron chi connectivity index (χ1n) is 7.41. The molecule has 1 heterocycles. The van der Waals surface area contributed by atoms with E-state index in [1.54, 1.807) is 18.0 Å². The molecule has 0 spiro atoms. The van der Waals surface area contributed by atoms with Crippen LogP contribution >= 0.6 is 15.9 Å². The molecular weight excluding hydrogens is 346 g/mol. The van der Waals surface area contributed by atoms with Crippen molar-refractivity contribution in [1.29, 1.82) is 0 Å². The van der Waals surface area contributed by atoms with Crippen molar-refractivity contribution in [2.24, 2.45) is 0 Å². The lowest BCUT2D eigenvalue weighted by Gasteiger charge is -2.34. The number of aryl methyl sites for hydroxylation is 1. The maximum absolute atomic E-state index is 12.3. The minimum Gasteiger partial charge on any atom is -0.334 e. The highest BCUT2D eigenvalue weighted by Gasteiger charge is 2.27. The fraction of sp³-hybridized carbons (Fsp3) is 0.500. The predicted molar refractivity (Wildman–Crippen MR) is 90.8 cm³/mol. The zero-order valence-electron chi connectivity index (χ0n) is 13.2. The van der Waals surface area contributed by atoms with Crippen molar-refractivity contribution >= 4 is 33.4 Å². The van der Waals surface area contributed by atoms with E-state index in [4.69, 9.17) is 0 Å². The van der Waals surface area contributed by atoms with Crippen molar-refractivity contribution in [2.75, 3.05) is 32.5 Å². The van der Waals surface area contributed by atoms with Gasteiger partial charge in [0.2, 0.25) is 0 Å². The van der Waals surface area contributed by atoms with Gasteiger partial charge in [0.25, 0.3) is 0 Å². The topological polar surface area (TPSA) is 52.7 Å². The summed E-state index contributed by atoms with van der Waals surface area (Å²) in [6.07, 6.45) is 1.81. The molecule has 2 amide bonds. The summed E-state index contributed by atoms with van der Waals surface area (Å²) in [5, 5.41) is 2.68. The monoisotopic (exact) mass is 367 g/mol. The van der Waals surface area contributed by atoms with Crippen molar-refractivity contribution in [3.8, 4) is 0 Å². The number of amides is 2. The normalized spacial score (nSPS) is 16.4. The first kappa shape index (κ1) is 17.0. The predicted octanol–water partition coefficient (Wildman–Crippen LogP) is 2.25. The molecule has 0 saturated carbocycles. The number of hydrogen-bond donors (Lipinski definition) is 1. The molecule has 1 aliphatic heterocycles. The number of rotatable bonds is 2. The summed E-state index contributed by atoms with van der Waals surface area (Å²) in [6.45, 7) is 3.85. The van der Waals surface area contributed by atoms with Gasteiger partial charge in [0.05, 0.1) is 0 Å². The Balaban J connectivity index is 1.96. The number of nitrogens with zero attached hydrogens (tertiary/aromatic N) is 2. The van der Waals surface area contributed by atoms with Gasteiger partial charge in [-0.15, -0.1) is 0 Å². The number of benzene rings is 1. The molecule has 1 aromatic rings. The molecule has 0 unspecified atom stereocenters. The zero-order chi connectivity index (χ0) is 16.3. The van der Waals surface area contributed by atoms with Crippen molar-refractivity contribution in [3.05, 3.63) is 28.2 Å². The summed E-state index contributed by atoms with van der Waals surface area (Å²) in [6, 6.07) is 5.61. The molecule has 2 rings (SSSR count). The fourth-order valence-corrected chi connectivity index (χ4v) is 2.86. The van der Waals surface area contributed by atoms with E-state index in [1.165, 1.54) is 0 Å². The zero-order valence-corrected chi connectivity index (χ0v) is 14.8. The summed E-state index contributed by atoms with van der Waals surface area (Å²) < 4.78 is 0.972. The summed E-state index contributed by atoms with van der Waals surface area (Å²) in [4.78, 5) is 28.2. The Morgan fingerprint density at radius 3 is 2.55 bits per heavy atom. The fourth-order valence-electron chi connectivity index (χ4n) is 2.62. The third-order valence-electron chi connectivity index (χ3n) is 4.17. The van der Waals surface area contributed by atoms with Crippen molar-refractivity contribution < 1.29 is 9.59 Å². The molecule has 1 saturated heterocycles. The van der Waals surface area contributed by atoms with E-state index in [1.807, 2.05) is 19.1 Å². The van der Waals surface area contributed by atoms with Crippen LogP contribution in [-0.4, -0.2) is 54.8 Å². The van der Waals surface area contributed by atoms with Gasteiger partial charge in [0.15, 0.2) is 0 Å². The molecule has 0 bridgehead atoms. The van der Waals surface area contributed by atoms with Crippen LogP contribution in [0.4, 0.5) is 5.69 Å². The number of carbonyl (C=O) groups excluding carboxylic acids is 2. The second-order valence-corrected chi connectivity index (χ2v) is 6.72. The van der Waals surface area contributed by atoms with Crippen LogP contribution in [0.1, 0.15) is 18.4 Å². The Labute approximate surface area is 139 Å². The first-order chi connectivity index (χ1) is 10.4. The SMILES string of the molecule is Cc1cc(NC(=O)C(=O)N(C)C2CCN(C)CC2)ccc1Br. The lowest BCUT2D eigenvalue weighted by atomic mass is 10.0. The number of halogens is 1.